The minimum atomic E-state index is -4.46. The average Bonchev–Trinajstić information content (AvgIpc) is 2.80. The maximum atomic E-state index is 12.8. The van der Waals surface area contributed by atoms with Gasteiger partial charge in [-0.15, -0.1) is 0 Å². The van der Waals surface area contributed by atoms with Crippen molar-refractivity contribution in [3.63, 3.8) is 0 Å². The Kier molecular flexibility index (Phi) is 6.32. The van der Waals surface area contributed by atoms with Gasteiger partial charge >= 0.3 is 6.18 Å². The topological polar surface area (TPSA) is 58.6 Å². The van der Waals surface area contributed by atoms with Crippen LogP contribution in [-0.4, -0.2) is 36.4 Å². The van der Waals surface area contributed by atoms with Crippen molar-refractivity contribution in [3.05, 3.63) is 64.2 Å². The molecule has 154 valence electrons. The van der Waals surface area contributed by atoms with Gasteiger partial charge in [-0.3, -0.25) is 9.59 Å². The van der Waals surface area contributed by atoms with Crippen LogP contribution in [0.3, 0.4) is 0 Å². The molecule has 0 bridgehead atoms. The quantitative estimate of drug-likeness (QED) is 0.796. The van der Waals surface area contributed by atoms with Crippen LogP contribution in [0.4, 0.5) is 13.2 Å². The smallest absolute Gasteiger partial charge is 0.416 e. The van der Waals surface area contributed by atoms with E-state index in [2.05, 4.69) is 5.32 Å². The first-order valence-corrected chi connectivity index (χ1v) is 9.22. The molecule has 1 aliphatic rings. The van der Waals surface area contributed by atoms with E-state index in [1.807, 2.05) is 0 Å². The predicted octanol–water partition coefficient (Wildman–Crippen LogP) is 3.44. The molecule has 0 saturated heterocycles. The van der Waals surface area contributed by atoms with Gasteiger partial charge < -0.3 is 15.0 Å². The third-order valence-electron chi connectivity index (χ3n) is 4.41. The number of hydrogen-bond donors (Lipinski definition) is 1. The minimum absolute atomic E-state index is 0.118. The number of nitrogens with one attached hydrogen (secondary N) is 1. The maximum absolute atomic E-state index is 12.8. The van der Waals surface area contributed by atoms with Gasteiger partial charge in [-0.2, -0.15) is 13.2 Å². The zero-order valence-corrected chi connectivity index (χ0v) is 16.0. The Hall–Kier alpha value is -2.74. The molecule has 0 fully saturated rings. The van der Waals surface area contributed by atoms with Gasteiger partial charge in [0.05, 0.1) is 12.0 Å². The van der Waals surface area contributed by atoms with E-state index in [9.17, 15) is 22.8 Å². The molecule has 0 unspecified atom stereocenters. The maximum Gasteiger partial charge on any atom is 0.416 e. The number of nitrogens with zero attached hydrogens (tertiary/aromatic N) is 1. The molecule has 0 spiro atoms. The predicted molar refractivity (Wildman–Crippen MR) is 101 cm³/mol. The molecule has 2 amide bonds. The highest BCUT2D eigenvalue weighted by molar-refractivity contribution is 6.30. The minimum Gasteiger partial charge on any atom is -0.483 e. The lowest BCUT2D eigenvalue weighted by Crippen LogP contribution is -2.39. The molecule has 1 aliphatic heterocycles. The first-order chi connectivity index (χ1) is 13.7. The normalized spacial score (nSPS) is 14.1. The summed E-state index contributed by atoms with van der Waals surface area (Å²) in [5.74, 6) is -0.0745. The van der Waals surface area contributed by atoms with E-state index in [1.165, 1.54) is 17.0 Å². The summed E-state index contributed by atoms with van der Waals surface area (Å²) in [6.45, 7) is 0.576. The van der Waals surface area contributed by atoms with Gasteiger partial charge in [0.15, 0.2) is 6.61 Å². The van der Waals surface area contributed by atoms with E-state index in [4.69, 9.17) is 16.3 Å². The molecule has 0 radical (unpaired) electrons. The van der Waals surface area contributed by atoms with Gasteiger partial charge in [0.25, 0.3) is 5.91 Å². The number of alkyl halides is 3. The molecule has 29 heavy (non-hydrogen) atoms. The summed E-state index contributed by atoms with van der Waals surface area (Å²) < 4.78 is 43.7. The lowest BCUT2D eigenvalue weighted by atomic mass is 10.1. The van der Waals surface area contributed by atoms with E-state index < -0.39 is 17.6 Å². The molecule has 5 nitrogen and oxygen atoms in total. The Morgan fingerprint density at radius 3 is 2.76 bits per heavy atom. The summed E-state index contributed by atoms with van der Waals surface area (Å²) in [5, 5.41) is 3.16. The summed E-state index contributed by atoms with van der Waals surface area (Å²) >= 11 is 5.99. The van der Waals surface area contributed by atoms with Crippen LogP contribution in [0.15, 0.2) is 42.5 Å². The molecule has 2 aromatic rings. The van der Waals surface area contributed by atoms with Gasteiger partial charge in [-0.05, 0) is 29.8 Å². The van der Waals surface area contributed by atoms with Crippen molar-refractivity contribution in [2.75, 3.05) is 19.7 Å². The van der Waals surface area contributed by atoms with Gasteiger partial charge in [-0.25, -0.2) is 0 Å². The lowest BCUT2D eigenvalue weighted by molar-refractivity contribution is -0.137. The molecule has 0 saturated carbocycles. The number of halogens is 4. The van der Waals surface area contributed by atoms with Gasteiger partial charge in [0.2, 0.25) is 5.91 Å². The Morgan fingerprint density at radius 1 is 1.21 bits per heavy atom. The van der Waals surface area contributed by atoms with E-state index in [0.717, 1.165) is 17.7 Å². The Bertz CT molecular complexity index is 918. The summed E-state index contributed by atoms with van der Waals surface area (Å²) in [6, 6.07) is 9.73. The van der Waals surface area contributed by atoms with Crippen LogP contribution in [-0.2, 0) is 28.7 Å². The van der Waals surface area contributed by atoms with E-state index in [-0.39, 0.29) is 44.1 Å². The van der Waals surface area contributed by atoms with Crippen LogP contribution in [0, 0.1) is 0 Å². The first-order valence-electron chi connectivity index (χ1n) is 8.84. The molecule has 0 aromatic heterocycles. The fraction of sp³-hybridized carbons (Fsp3) is 0.300. The van der Waals surface area contributed by atoms with Crippen molar-refractivity contribution in [3.8, 4) is 5.75 Å². The molecule has 3 rings (SSSR count). The van der Waals surface area contributed by atoms with Crippen LogP contribution >= 0.6 is 11.6 Å². The molecule has 9 heteroatoms. The van der Waals surface area contributed by atoms with Crippen LogP contribution in [0.5, 0.6) is 5.75 Å². The van der Waals surface area contributed by atoms with Gasteiger partial charge in [0.1, 0.15) is 5.75 Å². The Balaban J connectivity index is 1.54. The number of benzene rings is 2. The highest BCUT2D eigenvalue weighted by Gasteiger charge is 2.30. The fourth-order valence-corrected chi connectivity index (χ4v) is 3.17. The number of ether oxygens (including phenoxy) is 1. The SMILES string of the molecule is O=C(Cc1cccc(C(F)(F)F)c1)NCCN1Cc2cc(Cl)ccc2OCC1=O. The van der Waals surface area contributed by atoms with E-state index in [1.54, 1.807) is 18.2 Å². The number of fused-ring (bicyclic) bond motifs is 1. The van der Waals surface area contributed by atoms with Crippen molar-refractivity contribution in [2.45, 2.75) is 19.1 Å². The molecule has 1 heterocycles. The standard InChI is InChI=1S/C20H18ClF3N2O3/c21-16-4-5-17-14(10-16)11-26(19(28)12-29-17)7-6-25-18(27)9-13-2-1-3-15(8-13)20(22,23)24/h1-5,8,10H,6-7,9,11-12H2,(H,25,27). The second kappa shape index (κ2) is 8.73. The fourth-order valence-electron chi connectivity index (χ4n) is 2.98. The first kappa shape index (κ1) is 21.0. The molecular weight excluding hydrogens is 409 g/mol. The zero-order valence-electron chi connectivity index (χ0n) is 15.3. The number of hydrogen-bond acceptors (Lipinski definition) is 3. The molecule has 1 N–H and O–H groups in total. The highest BCUT2D eigenvalue weighted by Crippen LogP contribution is 2.29. The third-order valence-corrected chi connectivity index (χ3v) is 4.65. The molecule has 0 aliphatic carbocycles. The molecular formula is C20H18ClF3N2O3. The van der Waals surface area contributed by atoms with Crippen LogP contribution < -0.4 is 10.1 Å². The molecule has 2 aromatic carbocycles. The number of rotatable bonds is 5. The van der Waals surface area contributed by atoms with Crippen LogP contribution in [0.1, 0.15) is 16.7 Å². The monoisotopic (exact) mass is 426 g/mol. The summed E-state index contributed by atoms with van der Waals surface area (Å²) in [6.07, 6.45) is -4.64. The second-order valence-electron chi connectivity index (χ2n) is 6.58. The van der Waals surface area contributed by atoms with Crippen molar-refractivity contribution in [1.29, 1.82) is 0 Å². The van der Waals surface area contributed by atoms with Crippen molar-refractivity contribution < 1.29 is 27.5 Å². The Labute approximate surface area is 170 Å². The van der Waals surface area contributed by atoms with E-state index >= 15 is 0 Å². The van der Waals surface area contributed by atoms with Crippen LogP contribution in [0.2, 0.25) is 5.02 Å². The largest absolute Gasteiger partial charge is 0.483 e. The van der Waals surface area contributed by atoms with Crippen molar-refractivity contribution in [2.24, 2.45) is 0 Å². The van der Waals surface area contributed by atoms with Crippen molar-refractivity contribution >= 4 is 23.4 Å². The van der Waals surface area contributed by atoms with Crippen LogP contribution in [0.25, 0.3) is 0 Å². The number of carbonyl (C=O) groups excluding carboxylic acids is 2. The molecule has 0 atom stereocenters. The summed E-state index contributed by atoms with van der Waals surface area (Å²) in [5.41, 5.74) is 0.231. The Morgan fingerprint density at radius 2 is 2.00 bits per heavy atom. The van der Waals surface area contributed by atoms with Gasteiger partial charge in [-0.1, -0.05) is 29.8 Å². The lowest BCUT2D eigenvalue weighted by Gasteiger charge is -2.20. The summed E-state index contributed by atoms with van der Waals surface area (Å²) in [7, 11) is 0. The van der Waals surface area contributed by atoms with Gasteiger partial charge in [0, 0.05) is 30.2 Å². The number of carbonyl (C=O) groups is 2. The number of amides is 2. The summed E-state index contributed by atoms with van der Waals surface area (Å²) in [4.78, 5) is 25.8. The third kappa shape index (κ3) is 5.63. The van der Waals surface area contributed by atoms with Crippen molar-refractivity contribution in [1.82, 2.24) is 10.2 Å². The van der Waals surface area contributed by atoms with E-state index in [0.29, 0.717) is 10.8 Å². The zero-order chi connectivity index (χ0) is 21.0. The highest BCUT2D eigenvalue weighted by atomic mass is 35.5. The second-order valence-corrected chi connectivity index (χ2v) is 7.02. The average molecular weight is 427 g/mol.